The fourth-order valence-corrected chi connectivity index (χ4v) is 5.03. The monoisotopic (exact) mass is 462 g/mol. The molecule has 4 nitrogen and oxygen atoms in total. The van der Waals surface area contributed by atoms with Gasteiger partial charge in [-0.25, -0.2) is 0 Å². The Hall–Kier alpha value is -3.60. The maximum Gasteiger partial charge on any atom is 0.142 e. The molecule has 0 bridgehead atoms. The van der Waals surface area contributed by atoms with Crippen LogP contribution >= 0.6 is 0 Å². The van der Waals surface area contributed by atoms with Crippen molar-refractivity contribution in [2.75, 3.05) is 13.5 Å². The van der Waals surface area contributed by atoms with E-state index in [0.29, 0.717) is 13.5 Å². The lowest BCUT2D eigenvalue weighted by Crippen LogP contribution is -2.31. The molecule has 2 aliphatic rings. The number of rotatable bonds is 6. The van der Waals surface area contributed by atoms with E-state index in [2.05, 4.69) is 107 Å². The molecule has 0 N–H and O–H groups in total. The Bertz CT molecular complexity index is 1190. The largest absolute Gasteiger partial charge is 0.478 e. The number of ether oxygens (including phenoxy) is 2. The molecule has 35 heavy (non-hydrogen) atoms. The predicted molar refractivity (Wildman–Crippen MR) is 138 cm³/mol. The van der Waals surface area contributed by atoms with Crippen molar-refractivity contribution in [1.29, 1.82) is 0 Å². The summed E-state index contributed by atoms with van der Waals surface area (Å²) in [5.41, 5.74) is 7.78. The van der Waals surface area contributed by atoms with Gasteiger partial charge in [0.15, 0.2) is 0 Å². The first-order chi connectivity index (χ1) is 17.3. The summed E-state index contributed by atoms with van der Waals surface area (Å²) in [6.45, 7) is 4.87. The Morgan fingerprint density at radius 3 is 1.43 bits per heavy atom. The highest BCUT2D eigenvalue weighted by atomic mass is 16.5. The van der Waals surface area contributed by atoms with Crippen molar-refractivity contribution in [3.63, 3.8) is 0 Å². The topological polar surface area (TPSA) is 24.9 Å². The van der Waals surface area contributed by atoms with Gasteiger partial charge in [-0.05, 0) is 40.8 Å². The fraction of sp³-hybridized carbons (Fsp3) is 0.226. The summed E-state index contributed by atoms with van der Waals surface area (Å²) in [5, 5.41) is 0. The average molecular weight is 463 g/mol. The fourth-order valence-electron chi connectivity index (χ4n) is 5.03. The Balaban J connectivity index is 1.13. The lowest BCUT2D eigenvalue weighted by atomic mass is 9.99. The van der Waals surface area contributed by atoms with E-state index >= 15 is 0 Å². The van der Waals surface area contributed by atoms with Gasteiger partial charge in [0.2, 0.25) is 0 Å². The molecule has 0 spiro atoms. The Morgan fingerprint density at radius 2 is 0.971 bits per heavy atom. The van der Waals surface area contributed by atoms with Crippen LogP contribution in [0.1, 0.15) is 33.4 Å². The zero-order valence-electron chi connectivity index (χ0n) is 19.9. The van der Waals surface area contributed by atoms with Gasteiger partial charge in [0, 0.05) is 37.3 Å². The molecule has 4 aromatic carbocycles. The highest BCUT2D eigenvalue weighted by Crippen LogP contribution is 2.30. The average Bonchev–Trinajstić information content (AvgIpc) is 2.89. The van der Waals surface area contributed by atoms with E-state index in [0.717, 1.165) is 44.1 Å². The molecule has 0 saturated carbocycles. The van der Waals surface area contributed by atoms with E-state index in [9.17, 15) is 0 Å². The van der Waals surface area contributed by atoms with Gasteiger partial charge in [0.25, 0.3) is 0 Å². The molecule has 0 fully saturated rings. The molecule has 0 aromatic heterocycles. The quantitative estimate of drug-likeness (QED) is 0.352. The van der Waals surface area contributed by atoms with Gasteiger partial charge in [-0.1, -0.05) is 84.9 Å². The molecule has 2 aliphatic heterocycles. The molecule has 4 aromatic rings. The van der Waals surface area contributed by atoms with E-state index in [1.165, 1.54) is 33.4 Å². The predicted octanol–water partition coefficient (Wildman–Crippen LogP) is 5.98. The van der Waals surface area contributed by atoms with Crippen LogP contribution in [0.25, 0.3) is 0 Å². The van der Waals surface area contributed by atoms with Gasteiger partial charge in [-0.3, -0.25) is 9.80 Å². The van der Waals surface area contributed by atoms with Crippen LogP contribution in [-0.4, -0.2) is 23.3 Å². The van der Waals surface area contributed by atoms with Crippen LogP contribution in [0, 0.1) is 0 Å². The van der Waals surface area contributed by atoms with Crippen LogP contribution in [0.2, 0.25) is 0 Å². The summed E-state index contributed by atoms with van der Waals surface area (Å²) in [6, 6.07) is 34.5. The lowest BCUT2D eigenvalue weighted by molar-refractivity contribution is 0.0886. The van der Waals surface area contributed by atoms with Gasteiger partial charge < -0.3 is 9.47 Å². The van der Waals surface area contributed by atoms with Gasteiger partial charge in [-0.15, -0.1) is 0 Å². The third-order valence-corrected chi connectivity index (χ3v) is 6.75. The number of hydrogen-bond donors (Lipinski definition) is 0. The first-order valence-electron chi connectivity index (χ1n) is 12.3. The molecular weight excluding hydrogens is 432 g/mol. The second-order valence-corrected chi connectivity index (χ2v) is 9.55. The Labute approximate surface area is 207 Å². The molecule has 176 valence electrons. The van der Waals surface area contributed by atoms with Crippen molar-refractivity contribution >= 4 is 0 Å². The summed E-state index contributed by atoms with van der Waals surface area (Å²) >= 11 is 0. The highest BCUT2D eigenvalue weighted by molar-refractivity contribution is 5.43. The lowest BCUT2D eigenvalue weighted by Gasteiger charge is -2.30. The molecule has 0 amide bonds. The van der Waals surface area contributed by atoms with E-state index in [-0.39, 0.29) is 0 Å². The van der Waals surface area contributed by atoms with Crippen LogP contribution < -0.4 is 9.47 Å². The van der Waals surface area contributed by atoms with Crippen LogP contribution in [-0.2, 0) is 32.6 Å². The molecule has 0 radical (unpaired) electrons. The second kappa shape index (κ2) is 9.95. The smallest absolute Gasteiger partial charge is 0.142 e. The first kappa shape index (κ1) is 21.9. The van der Waals surface area contributed by atoms with E-state index < -0.39 is 0 Å². The van der Waals surface area contributed by atoms with Gasteiger partial charge in [-0.2, -0.15) is 0 Å². The third-order valence-electron chi connectivity index (χ3n) is 6.75. The molecular formula is C31H30N2O2. The Morgan fingerprint density at radius 1 is 0.514 bits per heavy atom. The molecule has 2 heterocycles. The maximum atomic E-state index is 6.05. The van der Waals surface area contributed by atoms with E-state index in [4.69, 9.17) is 9.47 Å². The first-order valence-corrected chi connectivity index (χ1v) is 12.3. The van der Waals surface area contributed by atoms with Crippen molar-refractivity contribution < 1.29 is 9.47 Å². The van der Waals surface area contributed by atoms with E-state index in [1.807, 2.05) is 0 Å². The van der Waals surface area contributed by atoms with Crippen LogP contribution in [0.15, 0.2) is 97.1 Å². The molecule has 0 aliphatic carbocycles. The van der Waals surface area contributed by atoms with E-state index in [1.54, 1.807) is 0 Å². The van der Waals surface area contributed by atoms with Crippen molar-refractivity contribution in [2.24, 2.45) is 0 Å². The van der Waals surface area contributed by atoms with Crippen LogP contribution in [0.3, 0.4) is 0 Å². The molecule has 0 unspecified atom stereocenters. The standard InChI is InChI=1S/C31H30N2O2/c1-3-7-24(8-4-1)18-32-20-28-16-26(11-13-30(28)34-22-32)15-27-12-14-31-29(17-27)21-33(23-35-31)19-25-9-5-2-6-10-25/h1-14,16-17H,15,18-23H2. The third kappa shape index (κ3) is 5.24. The van der Waals surface area contributed by atoms with Gasteiger partial charge in [0.1, 0.15) is 25.0 Å². The summed E-state index contributed by atoms with van der Waals surface area (Å²) < 4.78 is 12.1. The zero-order chi connectivity index (χ0) is 23.5. The van der Waals surface area contributed by atoms with Crippen molar-refractivity contribution in [3.8, 4) is 11.5 Å². The Kier molecular flexibility index (Phi) is 6.22. The zero-order valence-corrected chi connectivity index (χ0v) is 19.9. The normalized spacial score (nSPS) is 15.5. The summed E-state index contributed by atoms with van der Waals surface area (Å²) in [4.78, 5) is 4.69. The number of benzene rings is 4. The minimum atomic E-state index is 0.631. The molecule has 4 heteroatoms. The van der Waals surface area contributed by atoms with Crippen molar-refractivity contribution in [3.05, 3.63) is 130 Å². The maximum absolute atomic E-state index is 6.05. The van der Waals surface area contributed by atoms with Gasteiger partial charge >= 0.3 is 0 Å². The number of hydrogen-bond acceptors (Lipinski definition) is 4. The minimum absolute atomic E-state index is 0.631. The van der Waals surface area contributed by atoms with Crippen molar-refractivity contribution in [2.45, 2.75) is 32.6 Å². The minimum Gasteiger partial charge on any atom is -0.478 e. The summed E-state index contributed by atoms with van der Waals surface area (Å²) in [6.07, 6.45) is 0.901. The molecule has 0 atom stereocenters. The highest BCUT2D eigenvalue weighted by Gasteiger charge is 2.20. The summed E-state index contributed by atoms with van der Waals surface area (Å²) in [7, 11) is 0. The number of nitrogens with zero attached hydrogens (tertiary/aromatic N) is 2. The summed E-state index contributed by atoms with van der Waals surface area (Å²) in [5.74, 6) is 2.02. The van der Waals surface area contributed by atoms with Crippen LogP contribution in [0.5, 0.6) is 11.5 Å². The van der Waals surface area contributed by atoms with Gasteiger partial charge in [0.05, 0.1) is 0 Å². The molecule has 6 rings (SSSR count). The number of fused-ring (bicyclic) bond motifs is 2. The van der Waals surface area contributed by atoms with Crippen LogP contribution in [0.4, 0.5) is 0 Å². The second-order valence-electron chi connectivity index (χ2n) is 9.55. The van der Waals surface area contributed by atoms with Crippen molar-refractivity contribution in [1.82, 2.24) is 9.80 Å². The molecule has 0 saturated heterocycles. The SMILES string of the molecule is c1ccc(CN2COc3ccc(Cc4ccc5c(c4)CN(Cc4ccccc4)CO5)cc3C2)cc1.